The second-order valence-corrected chi connectivity index (χ2v) is 4.78. The number of nitrogens with one attached hydrogen (secondary N) is 2. The molecule has 0 heterocycles. The molecule has 2 aromatic carbocycles. The van der Waals surface area contributed by atoms with Crippen LogP contribution < -0.4 is 15.4 Å². The predicted molar refractivity (Wildman–Crippen MR) is 84.8 cm³/mol. The highest BCUT2D eigenvalue weighted by molar-refractivity contribution is 5.90. The van der Waals surface area contributed by atoms with Gasteiger partial charge in [0.15, 0.2) is 0 Å². The number of halogens is 1. The summed E-state index contributed by atoms with van der Waals surface area (Å²) in [6, 6.07) is 12.6. The number of benzene rings is 2. The van der Waals surface area contributed by atoms with Crippen LogP contribution in [0.3, 0.4) is 0 Å². The molecule has 118 valence electrons. The molecule has 0 atom stereocenters. The number of rotatable bonds is 5. The quantitative estimate of drug-likeness (QED) is 0.891. The van der Waals surface area contributed by atoms with E-state index in [0.717, 1.165) is 17.4 Å². The smallest absolute Gasteiger partial charge is 0.319 e. The number of ether oxygens (including phenoxy) is 1. The fraction of sp³-hybridized carbons (Fsp3) is 0.176. The molecule has 0 aliphatic rings. The van der Waals surface area contributed by atoms with Gasteiger partial charge in [0.1, 0.15) is 17.6 Å². The third-order valence-electron chi connectivity index (χ3n) is 3.18. The third kappa shape index (κ3) is 4.71. The van der Waals surface area contributed by atoms with Crippen molar-refractivity contribution >= 4 is 11.7 Å². The van der Waals surface area contributed by atoms with Gasteiger partial charge in [-0.25, -0.2) is 9.18 Å². The molecule has 5 nitrogen and oxygen atoms in total. The Morgan fingerprint density at radius 3 is 2.87 bits per heavy atom. The summed E-state index contributed by atoms with van der Waals surface area (Å²) in [7, 11) is 1.60. The molecular formula is C17H16FN3O2. The van der Waals surface area contributed by atoms with Gasteiger partial charge in [-0.05, 0) is 42.3 Å². The number of carbonyl (C=O) groups excluding carboxylic acids is 1. The van der Waals surface area contributed by atoms with Crippen molar-refractivity contribution in [3.8, 4) is 11.8 Å². The van der Waals surface area contributed by atoms with Gasteiger partial charge in [0.25, 0.3) is 0 Å². The number of methoxy groups -OCH3 is 1. The second-order valence-electron chi connectivity index (χ2n) is 4.78. The van der Waals surface area contributed by atoms with E-state index < -0.39 is 11.8 Å². The largest absolute Gasteiger partial charge is 0.497 e. The van der Waals surface area contributed by atoms with E-state index in [0.29, 0.717) is 13.0 Å². The highest BCUT2D eigenvalue weighted by Crippen LogP contribution is 2.16. The van der Waals surface area contributed by atoms with Crippen LogP contribution in [0.2, 0.25) is 0 Å². The van der Waals surface area contributed by atoms with E-state index in [1.54, 1.807) is 7.11 Å². The zero-order valence-electron chi connectivity index (χ0n) is 12.6. The minimum absolute atomic E-state index is 0.0768. The zero-order valence-corrected chi connectivity index (χ0v) is 12.6. The van der Waals surface area contributed by atoms with Gasteiger partial charge >= 0.3 is 6.03 Å². The lowest BCUT2D eigenvalue weighted by Gasteiger charge is -2.09. The van der Waals surface area contributed by atoms with Gasteiger partial charge in [-0.2, -0.15) is 5.26 Å². The van der Waals surface area contributed by atoms with Crippen molar-refractivity contribution in [2.45, 2.75) is 6.42 Å². The van der Waals surface area contributed by atoms with E-state index in [1.165, 1.54) is 12.1 Å². The number of hydrogen-bond acceptors (Lipinski definition) is 3. The molecule has 0 aliphatic heterocycles. The standard InChI is InChI=1S/C17H16FN3O2/c1-23-15-4-2-3-12(9-15)7-8-20-17(22)21-16-6-5-14(18)10-13(16)11-19/h2-6,9-10H,7-8H2,1H3,(H2,20,21,22). The SMILES string of the molecule is COc1cccc(CCNC(=O)Nc2ccc(F)cc2C#N)c1. The first-order chi connectivity index (χ1) is 11.1. The molecule has 0 unspecified atom stereocenters. The molecular weight excluding hydrogens is 297 g/mol. The summed E-state index contributed by atoms with van der Waals surface area (Å²) >= 11 is 0. The molecule has 2 aromatic rings. The van der Waals surface area contributed by atoms with E-state index in [4.69, 9.17) is 10.00 Å². The van der Waals surface area contributed by atoms with Crippen molar-refractivity contribution in [2.24, 2.45) is 0 Å². The van der Waals surface area contributed by atoms with Gasteiger partial charge in [-0.15, -0.1) is 0 Å². The number of nitriles is 1. The van der Waals surface area contributed by atoms with Gasteiger partial charge in [-0.3, -0.25) is 0 Å². The lowest BCUT2D eigenvalue weighted by molar-refractivity contribution is 0.252. The van der Waals surface area contributed by atoms with E-state index >= 15 is 0 Å². The summed E-state index contributed by atoms with van der Waals surface area (Å²) in [5.74, 6) is 0.238. The zero-order chi connectivity index (χ0) is 16.7. The Bertz CT molecular complexity index is 741. The van der Waals surface area contributed by atoms with Crippen LogP contribution in [0.25, 0.3) is 0 Å². The minimum atomic E-state index is -0.523. The molecule has 0 aromatic heterocycles. The number of carbonyl (C=O) groups is 1. The summed E-state index contributed by atoms with van der Waals surface area (Å²) in [4.78, 5) is 11.8. The van der Waals surface area contributed by atoms with Crippen molar-refractivity contribution < 1.29 is 13.9 Å². The Morgan fingerprint density at radius 2 is 2.13 bits per heavy atom. The molecule has 23 heavy (non-hydrogen) atoms. The number of nitrogens with zero attached hydrogens (tertiary/aromatic N) is 1. The topological polar surface area (TPSA) is 74.2 Å². The van der Waals surface area contributed by atoms with Crippen LogP contribution in [0.4, 0.5) is 14.9 Å². The molecule has 2 N–H and O–H groups in total. The Kier molecular flexibility index (Phi) is 5.53. The highest BCUT2D eigenvalue weighted by Gasteiger charge is 2.07. The molecule has 0 bridgehead atoms. The fourth-order valence-corrected chi connectivity index (χ4v) is 2.03. The van der Waals surface area contributed by atoms with Crippen LogP contribution in [-0.2, 0) is 6.42 Å². The summed E-state index contributed by atoms with van der Waals surface area (Å²) < 4.78 is 18.2. The Hall–Kier alpha value is -3.07. The number of anilines is 1. The summed E-state index contributed by atoms with van der Waals surface area (Å²) in [5, 5.41) is 14.2. The first kappa shape index (κ1) is 16.3. The van der Waals surface area contributed by atoms with Gasteiger partial charge in [0.05, 0.1) is 18.4 Å². The molecule has 0 fully saturated rings. The molecule has 0 aliphatic carbocycles. The third-order valence-corrected chi connectivity index (χ3v) is 3.18. The van der Waals surface area contributed by atoms with Gasteiger partial charge in [0.2, 0.25) is 0 Å². The molecule has 0 saturated heterocycles. The lowest BCUT2D eigenvalue weighted by Crippen LogP contribution is -2.30. The molecule has 0 spiro atoms. The molecule has 0 saturated carbocycles. The maximum absolute atomic E-state index is 13.0. The molecule has 6 heteroatoms. The minimum Gasteiger partial charge on any atom is -0.497 e. The first-order valence-corrected chi connectivity index (χ1v) is 7.00. The molecule has 0 radical (unpaired) electrons. The normalized spacial score (nSPS) is 9.78. The summed E-state index contributed by atoms with van der Waals surface area (Å²) in [6.07, 6.45) is 0.638. The van der Waals surface area contributed by atoms with Crippen LogP contribution in [0.5, 0.6) is 5.75 Å². The van der Waals surface area contributed by atoms with Crippen LogP contribution in [0, 0.1) is 17.1 Å². The maximum atomic E-state index is 13.0. The maximum Gasteiger partial charge on any atom is 0.319 e. The van der Waals surface area contributed by atoms with E-state index in [1.807, 2.05) is 30.3 Å². The van der Waals surface area contributed by atoms with Crippen LogP contribution in [-0.4, -0.2) is 19.7 Å². The highest BCUT2D eigenvalue weighted by atomic mass is 19.1. The molecule has 2 rings (SSSR count). The number of amides is 2. The Labute approximate surface area is 133 Å². The average molecular weight is 313 g/mol. The van der Waals surface area contributed by atoms with Gasteiger partial charge < -0.3 is 15.4 Å². The van der Waals surface area contributed by atoms with Gasteiger partial charge in [0, 0.05) is 6.54 Å². The Morgan fingerprint density at radius 1 is 1.30 bits per heavy atom. The number of urea groups is 1. The van der Waals surface area contributed by atoms with Crippen molar-refractivity contribution in [2.75, 3.05) is 19.0 Å². The van der Waals surface area contributed by atoms with Crippen molar-refractivity contribution in [1.82, 2.24) is 5.32 Å². The lowest BCUT2D eigenvalue weighted by atomic mass is 10.1. The van der Waals surface area contributed by atoms with E-state index in [-0.39, 0.29) is 11.3 Å². The molecule has 2 amide bonds. The van der Waals surface area contributed by atoms with Crippen molar-refractivity contribution in [3.63, 3.8) is 0 Å². The van der Waals surface area contributed by atoms with Crippen molar-refractivity contribution in [3.05, 3.63) is 59.4 Å². The first-order valence-electron chi connectivity index (χ1n) is 7.00. The van der Waals surface area contributed by atoms with E-state index in [9.17, 15) is 9.18 Å². The summed E-state index contributed by atoms with van der Waals surface area (Å²) in [5.41, 5.74) is 1.38. The number of hydrogen-bond donors (Lipinski definition) is 2. The second kappa shape index (κ2) is 7.80. The monoisotopic (exact) mass is 313 g/mol. The summed E-state index contributed by atoms with van der Waals surface area (Å²) in [6.45, 7) is 0.419. The van der Waals surface area contributed by atoms with Crippen molar-refractivity contribution in [1.29, 1.82) is 5.26 Å². The predicted octanol–water partition coefficient (Wildman–Crippen LogP) is 3.07. The van der Waals surface area contributed by atoms with E-state index in [2.05, 4.69) is 10.6 Å². The average Bonchev–Trinajstić information content (AvgIpc) is 2.56. The van der Waals surface area contributed by atoms with Crippen LogP contribution in [0.15, 0.2) is 42.5 Å². The van der Waals surface area contributed by atoms with Crippen LogP contribution in [0.1, 0.15) is 11.1 Å². The van der Waals surface area contributed by atoms with Gasteiger partial charge in [-0.1, -0.05) is 12.1 Å². The fourth-order valence-electron chi connectivity index (χ4n) is 2.03. The Balaban J connectivity index is 1.87. The van der Waals surface area contributed by atoms with Crippen LogP contribution >= 0.6 is 0 Å².